The van der Waals surface area contributed by atoms with Crippen LogP contribution < -0.4 is 11.1 Å². The van der Waals surface area contributed by atoms with Gasteiger partial charge in [0.15, 0.2) is 0 Å². The van der Waals surface area contributed by atoms with Crippen LogP contribution in [-0.4, -0.2) is 13.0 Å². The molecule has 1 amide bonds. The maximum absolute atomic E-state index is 9.65. The standard InChI is InChI=1S/C5H7N3O/c6-1-5(2-7)3-8-4-9/h1,4H,3,6H2,(H,8,9)/b5-1-. The number of carbonyl (C=O) groups is 1. The minimum absolute atomic E-state index is 0.205. The first kappa shape index (κ1) is 7.50. The predicted octanol–water partition coefficient (Wildman–Crippen LogP) is -0.901. The van der Waals surface area contributed by atoms with Crippen LogP contribution in [0.1, 0.15) is 0 Å². The van der Waals surface area contributed by atoms with Gasteiger partial charge in [0.05, 0.1) is 18.2 Å². The fraction of sp³-hybridized carbons (Fsp3) is 0.200. The molecule has 0 rings (SSSR count). The van der Waals surface area contributed by atoms with Crippen molar-refractivity contribution >= 4 is 6.41 Å². The molecular weight excluding hydrogens is 118 g/mol. The number of nitriles is 1. The number of rotatable bonds is 3. The Morgan fingerprint density at radius 2 is 2.56 bits per heavy atom. The third kappa shape index (κ3) is 3.12. The fourth-order valence-corrected chi connectivity index (χ4v) is 0.287. The van der Waals surface area contributed by atoms with E-state index in [1.807, 2.05) is 0 Å². The van der Waals surface area contributed by atoms with E-state index in [4.69, 9.17) is 11.0 Å². The lowest BCUT2D eigenvalue weighted by molar-refractivity contribution is -0.109. The van der Waals surface area contributed by atoms with Gasteiger partial charge in [-0.05, 0) is 0 Å². The van der Waals surface area contributed by atoms with Crippen molar-refractivity contribution in [3.63, 3.8) is 0 Å². The van der Waals surface area contributed by atoms with Crippen molar-refractivity contribution < 1.29 is 4.79 Å². The van der Waals surface area contributed by atoms with Crippen molar-refractivity contribution in [1.29, 1.82) is 5.26 Å². The third-order valence-corrected chi connectivity index (χ3v) is 0.721. The van der Waals surface area contributed by atoms with Gasteiger partial charge >= 0.3 is 0 Å². The minimum atomic E-state index is 0.205. The molecule has 9 heavy (non-hydrogen) atoms. The van der Waals surface area contributed by atoms with E-state index in [0.717, 1.165) is 6.20 Å². The topological polar surface area (TPSA) is 78.9 Å². The Labute approximate surface area is 53.0 Å². The summed E-state index contributed by atoms with van der Waals surface area (Å²) >= 11 is 0. The zero-order valence-electron chi connectivity index (χ0n) is 4.79. The molecule has 0 saturated carbocycles. The number of nitrogens with one attached hydrogen (secondary N) is 1. The molecule has 0 aromatic heterocycles. The molecular formula is C5H7N3O. The zero-order valence-corrected chi connectivity index (χ0v) is 4.79. The van der Waals surface area contributed by atoms with E-state index in [1.165, 1.54) is 0 Å². The molecule has 0 heterocycles. The Balaban J connectivity index is 3.61. The van der Waals surface area contributed by atoms with Gasteiger partial charge in [-0.3, -0.25) is 4.79 Å². The Morgan fingerprint density at radius 1 is 1.89 bits per heavy atom. The number of amides is 1. The van der Waals surface area contributed by atoms with Gasteiger partial charge in [-0.2, -0.15) is 5.26 Å². The second-order valence-corrected chi connectivity index (χ2v) is 1.30. The SMILES string of the molecule is N#C/C(=C/N)CNC=O. The van der Waals surface area contributed by atoms with Crippen LogP contribution in [0, 0.1) is 11.3 Å². The van der Waals surface area contributed by atoms with Crippen molar-refractivity contribution in [2.45, 2.75) is 0 Å². The molecule has 0 saturated heterocycles. The molecule has 0 spiro atoms. The van der Waals surface area contributed by atoms with Gasteiger partial charge in [0, 0.05) is 6.20 Å². The second-order valence-electron chi connectivity index (χ2n) is 1.30. The summed E-state index contributed by atoms with van der Waals surface area (Å²) in [6, 6.07) is 1.80. The second kappa shape index (κ2) is 4.65. The maximum Gasteiger partial charge on any atom is 0.207 e. The summed E-state index contributed by atoms with van der Waals surface area (Å²) in [5.41, 5.74) is 5.33. The average molecular weight is 125 g/mol. The first-order valence-corrected chi connectivity index (χ1v) is 2.33. The van der Waals surface area contributed by atoms with Crippen LogP contribution in [0.4, 0.5) is 0 Å². The highest BCUT2D eigenvalue weighted by Crippen LogP contribution is 1.82. The molecule has 0 radical (unpaired) electrons. The van der Waals surface area contributed by atoms with Crippen molar-refractivity contribution in [2.75, 3.05) is 6.54 Å². The minimum Gasteiger partial charge on any atom is -0.404 e. The van der Waals surface area contributed by atoms with Crippen LogP contribution in [0.15, 0.2) is 11.8 Å². The summed E-state index contributed by atoms with van der Waals surface area (Å²) in [5.74, 6) is 0. The van der Waals surface area contributed by atoms with Crippen LogP contribution >= 0.6 is 0 Å². The molecule has 3 N–H and O–H groups in total. The summed E-state index contributed by atoms with van der Waals surface area (Å²) < 4.78 is 0. The molecule has 0 fully saturated rings. The summed E-state index contributed by atoms with van der Waals surface area (Å²) in [4.78, 5) is 9.65. The van der Waals surface area contributed by atoms with E-state index in [1.54, 1.807) is 6.07 Å². The van der Waals surface area contributed by atoms with E-state index in [2.05, 4.69) is 5.32 Å². The number of nitrogens with zero attached hydrogens (tertiary/aromatic N) is 1. The number of hydrogen-bond donors (Lipinski definition) is 2. The molecule has 0 aliphatic carbocycles. The first-order chi connectivity index (χ1) is 4.35. The molecule has 0 bridgehead atoms. The fourth-order valence-electron chi connectivity index (χ4n) is 0.287. The van der Waals surface area contributed by atoms with E-state index in [0.29, 0.717) is 12.0 Å². The average Bonchev–Trinajstić information content (AvgIpc) is 1.91. The maximum atomic E-state index is 9.65. The van der Waals surface area contributed by atoms with Crippen LogP contribution in [0.25, 0.3) is 0 Å². The number of carbonyl (C=O) groups excluding carboxylic acids is 1. The lowest BCUT2D eigenvalue weighted by atomic mass is 10.3. The molecule has 0 atom stereocenters. The molecule has 0 aromatic rings. The zero-order chi connectivity index (χ0) is 7.11. The molecule has 0 aromatic carbocycles. The summed E-state index contributed by atoms with van der Waals surface area (Å²) in [6.45, 7) is 0.205. The Morgan fingerprint density at radius 3 is 2.89 bits per heavy atom. The lowest BCUT2D eigenvalue weighted by Crippen LogP contribution is -2.14. The van der Waals surface area contributed by atoms with Crippen molar-refractivity contribution in [3.8, 4) is 6.07 Å². The smallest absolute Gasteiger partial charge is 0.207 e. The normalized spacial score (nSPS) is 9.89. The molecule has 0 aliphatic rings. The van der Waals surface area contributed by atoms with E-state index < -0.39 is 0 Å². The summed E-state index contributed by atoms with van der Waals surface area (Å²) in [5, 5.41) is 10.5. The number of nitrogens with two attached hydrogens (primary N) is 1. The van der Waals surface area contributed by atoms with E-state index >= 15 is 0 Å². The van der Waals surface area contributed by atoms with Crippen LogP contribution in [0.3, 0.4) is 0 Å². The Kier molecular flexibility index (Phi) is 3.88. The highest BCUT2D eigenvalue weighted by Gasteiger charge is 1.88. The summed E-state index contributed by atoms with van der Waals surface area (Å²) in [6.07, 6.45) is 1.68. The van der Waals surface area contributed by atoms with Crippen LogP contribution in [0.5, 0.6) is 0 Å². The van der Waals surface area contributed by atoms with E-state index in [-0.39, 0.29) is 6.54 Å². The molecule has 0 aliphatic heterocycles. The Hall–Kier alpha value is -1.50. The van der Waals surface area contributed by atoms with Gasteiger partial charge in [0.2, 0.25) is 6.41 Å². The van der Waals surface area contributed by atoms with Gasteiger partial charge < -0.3 is 11.1 Å². The van der Waals surface area contributed by atoms with Crippen LogP contribution in [-0.2, 0) is 4.79 Å². The largest absolute Gasteiger partial charge is 0.404 e. The van der Waals surface area contributed by atoms with Crippen molar-refractivity contribution in [1.82, 2.24) is 5.32 Å². The van der Waals surface area contributed by atoms with Gasteiger partial charge in [0.25, 0.3) is 0 Å². The predicted molar refractivity (Wildman–Crippen MR) is 32.0 cm³/mol. The van der Waals surface area contributed by atoms with Gasteiger partial charge in [0.1, 0.15) is 0 Å². The molecule has 4 heteroatoms. The number of hydrogen-bond acceptors (Lipinski definition) is 3. The van der Waals surface area contributed by atoms with Crippen molar-refractivity contribution in [3.05, 3.63) is 11.8 Å². The monoisotopic (exact) mass is 125 g/mol. The lowest BCUT2D eigenvalue weighted by Gasteiger charge is -1.91. The summed E-state index contributed by atoms with van der Waals surface area (Å²) in [7, 11) is 0. The van der Waals surface area contributed by atoms with Crippen LogP contribution in [0.2, 0.25) is 0 Å². The van der Waals surface area contributed by atoms with Gasteiger partial charge in [-0.25, -0.2) is 0 Å². The van der Waals surface area contributed by atoms with E-state index in [9.17, 15) is 4.79 Å². The quantitative estimate of drug-likeness (QED) is 0.379. The highest BCUT2D eigenvalue weighted by molar-refractivity contribution is 5.47. The molecule has 48 valence electrons. The molecule has 4 nitrogen and oxygen atoms in total. The van der Waals surface area contributed by atoms with Gasteiger partial charge in [-0.15, -0.1) is 0 Å². The van der Waals surface area contributed by atoms with Gasteiger partial charge in [-0.1, -0.05) is 0 Å². The Bertz CT molecular complexity index is 156. The first-order valence-electron chi connectivity index (χ1n) is 2.33. The third-order valence-electron chi connectivity index (χ3n) is 0.721. The highest BCUT2D eigenvalue weighted by atomic mass is 16.1. The van der Waals surface area contributed by atoms with Crippen molar-refractivity contribution in [2.24, 2.45) is 5.73 Å². The molecule has 0 unspecified atom stereocenters.